The average molecular weight is 224 g/mol. The lowest BCUT2D eigenvalue weighted by atomic mass is 10.3. The Morgan fingerprint density at radius 3 is 2.88 bits per heavy atom. The molecule has 0 N–H and O–H groups in total. The van der Waals surface area contributed by atoms with Crippen LogP contribution >= 0.6 is 0 Å². The predicted molar refractivity (Wildman–Crippen MR) is 54.7 cm³/mol. The number of hydrogen-bond donors (Lipinski definition) is 0. The summed E-state index contributed by atoms with van der Waals surface area (Å²) in [7, 11) is 1.32. The lowest BCUT2D eigenvalue weighted by molar-refractivity contribution is -0.147. The van der Waals surface area contributed by atoms with Gasteiger partial charge in [0.1, 0.15) is 5.75 Å². The number of carbonyl (C=O) groups excluding carboxylic acids is 1. The molecular formula is C11H12O5. The maximum atomic E-state index is 11.1. The SMILES string of the molecule is COC(=O)C(C)Oc1ccc2c(c1)OCO2. The van der Waals surface area contributed by atoms with E-state index in [4.69, 9.17) is 14.2 Å². The van der Waals surface area contributed by atoms with Gasteiger partial charge in [0, 0.05) is 6.07 Å². The molecule has 0 aliphatic carbocycles. The molecule has 1 aliphatic rings. The Bertz CT molecular complexity index is 401. The average Bonchev–Trinajstić information content (AvgIpc) is 2.75. The lowest BCUT2D eigenvalue weighted by Crippen LogP contribution is -2.24. The molecule has 0 radical (unpaired) electrons. The van der Waals surface area contributed by atoms with Crippen LogP contribution in [-0.2, 0) is 9.53 Å². The molecule has 0 amide bonds. The molecule has 5 nitrogen and oxygen atoms in total. The van der Waals surface area contributed by atoms with Crippen LogP contribution in [0, 0.1) is 0 Å². The van der Waals surface area contributed by atoms with E-state index >= 15 is 0 Å². The summed E-state index contributed by atoms with van der Waals surface area (Å²) in [4.78, 5) is 11.1. The van der Waals surface area contributed by atoms with Crippen LogP contribution in [0.5, 0.6) is 17.2 Å². The molecule has 0 aromatic heterocycles. The van der Waals surface area contributed by atoms with Crippen molar-refractivity contribution in [3.63, 3.8) is 0 Å². The fraction of sp³-hybridized carbons (Fsp3) is 0.364. The van der Waals surface area contributed by atoms with Gasteiger partial charge in [-0.15, -0.1) is 0 Å². The third-order valence-corrected chi connectivity index (χ3v) is 2.19. The second kappa shape index (κ2) is 4.30. The fourth-order valence-corrected chi connectivity index (χ4v) is 1.37. The van der Waals surface area contributed by atoms with Gasteiger partial charge in [-0.1, -0.05) is 0 Å². The first-order valence-corrected chi connectivity index (χ1v) is 4.85. The van der Waals surface area contributed by atoms with Crippen molar-refractivity contribution in [1.29, 1.82) is 0 Å². The summed E-state index contributed by atoms with van der Waals surface area (Å²) in [5.74, 6) is 1.42. The molecule has 0 saturated heterocycles. The quantitative estimate of drug-likeness (QED) is 0.725. The Hall–Kier alpha value is -1.91. The number of rotatable bonds is 3. The van der Waals surface area contributed by atoms with E-state index in [2.05, 4.69) is 4.74 Å². The van der Waals surface area contributed by atoms with Crippen LogP contribution in [0.2, 0.25) is 0 Å². The fourth-order valence-electron chi connectivity index (χ4n) is 1.37. The Morgan fingerprint density at radius 2 is 2.12 bits per heavy atom. The Kier molecular flexibility index (Phi) is 2.85. The molecule has 86 valence electrons. The smallest absolute Gasteiger partial charge is 0.346 e. The highest BCUT2D eigenvalue weighted by Crippen LogP contribution is 2.35. The lowest BCUT2D eigenvalue weighted by Gasteiger charge is -2.12. The zero-order valence-corrected chi connectivity index (χ0v) is 9.06. The van der Waals surface area contributed by atoms with Crippen LogP contribution in [0.15, 0.2) is 18.2 Å². The van der Waals surface area contributed by atoms with Gasteiger partial charge >= 0.3 is 5.97 Å². The molecule has 0 fully saturated rings. The zero-order chi connectivity index (χ0) is 11.5. The van der Waals surface area contributed by atoms with Gasteiger partial charge in [0.25, 0.3) is 0 Å². The van der Waals surface area contributed by atoms with Crippen molar-refractivity contribution < 1.29 is 23.7 Å². The van der Waals surface area contributed by atoms with Gasteiger partial charge in [-0.3, -0.25) is 0 Å². The van der Waals surface area contributed by atoms with Crippen molar-refractivity contribution in [2.75, 3.05) is 13.9 Å². The second-order valence-electron chi connectivity index (χ2n) is 3.30. The van der Waals surface area contributed by atoms with E-state index in [-0.39, 0.29) is 6.79 Å². The zero-order valence-electron chi connectivity index (χ0n) is 9.06. The molecule has 1 heterocycles. The standard InChI is InChI=1S/C11H12O5/c1-7(11(12)13-2)16-8-3-4-9-10(5-8)15-6-14-9/h3-5,7H,6H2,1-2H3. The van der Waals surface area contributed by atoms with Gasteiger partial charge in [0.15, 0.2) is 17.6 Å². The van der Waals surface area contributed by atoms with E-state index in [1.54, 1.807) is 25.1 Å². The molecule has 16 heavy (non-hydrogen) atoms. The van der Waals surface area contributed by atoms with Gasteiger partial charge < -0.3 is 18.9 Å². The Morgan fingerprint density at radius 1 is 1.38 bits per heavy atom. The second-order valence-corrected chi connectivity index (χ2v) is 3.30. The summed E-state index contributed by atoms with van der Waals surface area (Å²) in [6.07, 6.45) is -0.648. The number of methoxy groups -OCH3 is 1. The molecule has 0 spiro atoms. The summed E-state index contributed by atoms with van der Waals surface area (Å²) in [6.45, 7) is 1.84. The highest BCUT2D eigenvalue weighted by molar-refractivity contribution is 5.74. The molecule has 1 aromatic rings. The summed E-state index contributed by atoms with van der Waals surface area (Å²) >= 11 is 0. The van der Waals surface area contributed by atoms with Gasteiger partial charge in [-0.05, 0) is 19.1 Å². The number of carbonyl (C=O) groups is 1. The minimum Gasteiger partial charge on any atom is -0.479 e. The predicted octanol–water partition coefficient (Wildman–Crippen LogP) is 1.36. The van der Waals surface area contributed by atoms with Crippen molar-refractivity contribution in [3.05, 3.63) is 18.2 Å². The summed E-state index contributed by atoms with van der Waals surface area (Å²) in [5, 5.41) is 0. The monoisotopic (exact) mass is 224 g/mol. The maximum absolute atomic E-state index is 11.1. The molecule has 1 aromatic carbocycles. The number of hydrogen-bond acceptors (Lipinski definition) is 5. The largest absolute Gasteiger partial charge is 0.479 e. The molecule has 0 saturated carbocycles. The first-order chi connectivity index (χ1) is 7.70. The summed E-state index contributed by atoms with van der Waals surface area (Å²) in [5.41, 5.74) is 0. The minimum atomic E-state index is -0.648. The topological polar surface area (TPSA) is 54.0 Å². The maximum Gasteiger partial charge on any atom is 0.346 e. The number of ether oxygens (including phenoxy) is 4. The third kappa shape index (κ3) is 2.03. The van der Waals surface area contributed by atoms with E-state index < -0.39 is 12.1 Å². The summed E-state index contributed by atoms with van der Waals surface area (Å²) < 4.78 is 20.3. The van der Waals surface area contributed by atoms with Crippen LogP contribution in [0.25, 0.3) is 0 Å². The van der Waals surface area contributed by atoms with Gasteiger partial charge in [-0.2, -0.15) is 0 Å². The van der Waals surface area contributed by atoms with Gasteiger partial charge in [-0.25, -0.2) is 4.79 Å². The highest BCUT2D eigenvalue weighted by Gasteiger charge is 2.18. The van der Waals surface area contributed by atoms with E-state index in [0.29, 0.717) is 17.2 Å². The first-order valence-electron chi connectivity index (χ1n) is 4.85. The van der Waals surface area contributed by atoms with Crippen molar-refractivity contribution in [2.45, 2.75) is 13.0 Å². The van der Waals surface area contributed by atoms with Crippen molar-refractivity contribution in [2.24, 2.45) is 0 Å². The molecule has 1 unspecified atom stereocenters. The van der Waals surface area contributed by atoms with Crippen LogP contribution in [-0.4, -0.2) is 26.0 Å². The van der Waals surface area contributed by atoms with Crippen molar-refractivity contribution in [1.82, 2.24) is 0 Å². The Balaban J connectivity index is 2.08. The van der Waals surface area contributed by atoms with E-state index in [0.717, 1.165) is 0 Å². The Labute approximate surface area is 92.9 Å². The normalized spacial score (nSPS) is 14.4. The molecule has 1 atom stereocenters. The first kappa shape index (κ1) is 10.6. The van der Waals surface area contributed by atoms with E-state index in [1.807, 2.05) is 0 Å². The molecule has 1 aliphatic heterocycles. The van der Waals surface area contributed by atoms with E-state index in [9.17, 15) is 4.79 Å². The molecular weight excluding hydrogens is 212 g/mol. The molecule has 0 bridgehead atoms. The number of fused-ring (bicyclic) bond motifs is 1. The van der Waals surface area contributed by atoms with Gasteiger partial charge in [0.05, 0.1) is 7.11 Å². The van der Waals surface area contributed by atoms with Crippen LogP contribution in [0.4, 0.5) is 0 Å². The van der Waals surface area contributed by atoms with Crippen molar-refractivity contribution in [3.8, 4) is 17.2 Å². The van der Waals surface area contributed by atoms with Crippen LogP contribution < -0.4 is 14.2 Å². The third-order valence-electron chi connectivity index (χ3n) is 2.19. The molecule has 2 rings (SSSR count). The van der Waals surface area contributed by atoms with Gasteiger partial charge in [0.2, 0.25) is 6.79 Å². The highest BCUT2D eigenvalue weighted by atomic mass is 16.7. The minimum absolute atomic E-state index is 0.214. The van der Waals surface area contributed by atoms with Crippen LogP contribution in [0.3, 0.4) is 0 Å². The summed E-state index contributed by atoms with van der Waals surface area (Å²) in [6, 6.07) is 5.14. The van der Waals surface area contributed by atoms with Crippen molar-refractivity contribution >= 4 is 5.97 Å². The molecule has 5 heteroatoms. The number of esters is 1. The van der Waals surface area contributed by atoms with E-state index in [1.165, 1.54) is 7.11 Å². The number of benzene rings is 1. The van der Waals surface area contributed by atoms with Crippen LogP contribution in [0.1, 0.15) is 6.92 Å².